The number of benzene rings is 3. The molecular formula is C32H38Cl2N2O2. The molecule has 4 nitrogen and oxygen atoms in total. The summed E-state index contributed by atoms with van der Waals surface area (Å²) < 4.78 is 0. The number of nitrogens with zero attached hydrogens (tertiary/aromatic N) is 1. The Morgan fingerprint density at radius 1 is 0.816 bits per heavy atom. The van der Waals surface area contributed by atoms with E-state index in [1.54, 1.807) is 17.0 Å². The van der Waals surface area contributed by atoms with Gasteiger partial charge in [-0.25, -0.2) is 0 Å². The van der Waals surface area contributed by atoms with Gasteiger partial charge in [-0.2, -0.15) is 0 Å². The molecule has 0 aliphatic rings. The van der Waals surface area contributed by atoms with Gasteiger partial charge in [0.2, 0.25) is 11.8 Å². The molecule has 0 unspecified atom stereocenters. The van der Waals surface area contributed by atoms with Gasteiger partial charge in [-0.05, 0) is 52.6 Å². The van der Waals surface area contributed by atoms with Crippen molar-refractivity contribution in [2.24, 2.45) is 5.92 Å². The number of rotatable bonds is 12. The van der Waals surface area contributed by atoms with E-state index >= 15 is 0 Å². The summed E-state index contributed by atoms with van der Waals surface area (Å²) in [6.07, 6.45) is 1.31. The van der Waals surface area contributed by atoms with Gasteiger partial charge >= 0.3 is 0 Å². The number of carbonyl (C=O) groups is 2. The second kappa shape index (κ2) is 14.4. The van der Waals surface area contributed by atoms with Crippen molar-refractivity contribution in [3.8, 4) is 0 Å². The molecule has 1 atom stereocenters. The first-order valence-corrected chi connectivity index (χ1v) is 14.0. The maximum Gasteiger partial charge on any atom is 0.243 e. The Kier molecular flexibility index (Phi) is 11.2. The number of halogens is 2. The average Bonchev–Trinajstić information content (AvgIpc) is 2.90. The fourth-order valence-corrected chi connectivity index (χ4v) is 4.60. The fraction of sp³-hybridized carbons (Fsp3) is 0.375. The fourth-order valence-electron chi connectivity index (χ4n) is 4.28. The number of hydrogen-bond acceptors (Lipinski definition) is 2. The Balaban J connectivity index is 1.89. The zero-order valence-corrected chi connectivity index (χ0v) is 24.2. The minimum Gasteiger partial charge on any atom is -0.354 e. The minimum absolute atomic E-state index is 0.0790. The molecule has 0 aromatic heterocycles. The van der Waals surface area contributed by atoms with E-state index in [0.29, 0.717) is 47.7 Å². The average molecular weight is 554 g/mol. The summed E-state index contributed by atoms with van der Waals surface area (Å²) in [5.41, 5.74) is 4.18. The highest BCUT2D eigenvalue weighted by Crippen LogP contribution is 2.25. The van der Waals surface area contributed by atoms with E-state index in [-0.39, 0.29) is 18.4 Å². The molecule has 3 aromatic rings. The first-order chi connectivity index (χ1) is 18.1. The predicted molar refractivity (Wildman–Crippen MR) is 158 cm³/mol. The molecule has 0 spiro atoms. The van der Waals surface area contributed by atoms with Gasteiger partial charge in [-0.3, -0.25) is 9.59 Å². The van der Waals surface area contributed by atoms with Crippen LogP contribution in [0.2, 0.25) is 10.0 Å². The summed E-state index contributed by atoms with van der Waals surface area (Å²) in [4.78, 5) is 29.0. The van der Waals surface area contributed by atoms with E-state index in [1.165, 1.54) is 5.56 Å². The van der Waals surface area contributed by atoms with Crippen LogP contribution in [0.4, 0.5) is 0 Å². The van der Waals surface area contributed by atoms with Crippen molar-refractivity contribution < 1.29 is 9.59 Å². The van der Waals surface area contributed by atoms with E-state index < -0.39 is 6.04 Å². The quantitative estimate of drug-likeness (QED) is 0.253. The number of aryl methyl sites for hydroxylation is 1. The first kappa shape index (κ1) is 29.7. The van der Waals surface area contributed by atoms with Gasteiger partial charge in [0, 0.05) is 25.9 Å². The zero-order chi connectivity index (χ0) is 27.7. The van der Waals surface area contributed by atoms with Gasteiger partial charge in [0.15, 0.2) is 0 Å². The molecule has 0 bridgehead atoms. The van der Waals surface area contributed by atoms with Crippen molar-refractivity contribution >= 4 is 35.0 Å². The lowest BCUT2D eigenvalue weighted by molar-refractivity contribution is -0.141. The van der Waals surface area contributed by atoms with Crippen molar-refractivity contribution in [1.29, 1.82) is 0 Å². The van der Waals surface area contributed by atoms with Crippen molar-refractivity contribution in [3.05, 3.63) is 105 Å². The summed E-state index contributed by atoms with van der Waals surface area (Å²) >= 11 is 12.4. The molecule has 0 heterocycles. The lowest BCUT2D eigenvalue weighted by atomic mass is 9.99. The molecule has 2 amide bonds. The molecule has 3 aromatic carbocycles. The minimum atomic E-state index is -0.665. The Morgan fingerprint density at radius 2 is 1.47 bits per heavy atom. The third-order valence-corrected chi connectivity index (χ3v) is 7.31. The molecule has 0 aliphatic carbocycles. The van der Waals surface area contributed by atoms with Crippen LogP contribution in [-0.4, -0.2) is 29.3 Å². The molecule has 202 valence electrons. The highest BCUT2D eigenvalue weighted by molar-refractivity contribution is 6.42. The van der Waals surface area contributed by atoms with Crippen LogP contribution in [0.25, 0.3) is 0 Å². The summed E-state index contributed by atoms with van der Waals surface area (Å²) in [7, 11) is 0. The van der Waals surface area contributed by atoms with Crippen LogP contribution in [0.3, 0.4) is 0 Å². The van der Waals surface area contributed by atoms with Crippen LogP contribution in [0.15, 0.2) is 72.8 Å². The smallest absolute Gasteiger partial charge is 0.243 e. The first-order valence-electron chi connectivity index (χ1n) is 13.3. The lowest BCUT2D eigenvalue weighted by Gasteiger charge is -2.32. The molecule has 0 saturated heterocycles. The normalized spacial score (nSPS) is 12.0. The molecule has 0 fully saturated rings. The van der Waals surface area contributed by atoms with Crippen molar-refractivity contribution in [3.63, 3.8) is 0 Å². The second-order valence-electron chi connectivity index (χ2n) is 10.5. The zero-order valence-electron chi connectivity index (χ0n) is 22.7. The molecule has 3 rings (SSSR count). The molecule has 0 aliphatic heterocycles. The highest BCUT2D eigenvalue weighted by Gasteiger charge is 2.30. The van der Waals surface area contributed by atoms with Crippen LogP contribution < -0.4 is 5.32 Å². The van der Waals surface area contributed by atoms with Crippen molar-refractivity contribution in [2.75, 3.05) is 6.54 Å². The van der Waals surface area contributed by atoms with Crippen molar-refractivity contribution in [1.82, 2.24) is 10.2 Å². The number of amides is 2. The summed E-state index contributed by atoms with van der Waals surface area (Å²) in [6, 6.07) is 22.9. The van der Waals surface area contributed by atoms with E-state index in [2.05, 4.69) is 57.3 Å². The summed E-state index contributed by atoms with van der Waals surface area (Å²) in [6.45, 7) is 9.23. The molecular weight excluding hydrogens is 515 g/mol. The summed E-state index contributed by atoms with van der Waals surface area (Å²) in [5, 5.41) is 3.93. The molecule has 0 saturated carbocycles. The van der Waals surface area contributed by atoms with E-state index in [0.717, 1.165) is 16.7 Å². The topological polar surface area (TPSA) is 49.4 Å². The standard InChI is InChI=1S/C32H38Cl2N2O2/c1-22(2)20-35-32(38)30(19-25-8-6-5-7-9-25)36(21-26-12-16-28(33)29(34)18-26)31(37)17-13-24-10-14-27(15-11-24)23(3)4/h5-12,14-16,18,22-23,30H,13,17,19-21H2,1-4H3,(H,35,38)/t30-/m1/s1. The Labute approximate surface area is 237 Å². The Morgan fingerprint density at radius 3 is 2.08 bits per heavy atom. The SMILES string of the molecule is CC(C)CNC(=O)[C@@H](Cc1ccccc1)N(Cc1ccc(Cl)c(Cl)c1)C(=O)CCc1ccc(C(C)C)cc1. The lowest BCUT2D eigenvalue weighted by Crippen LogP contribution is -2.51. The van der Waals surface area contributed by atoms with Gasteiger partial charge in [-0.15, -0.1) is 0 Å². The summed E-state index contributed by atoms with van der Waals surface area (Å²) in [5.74, 6) is 0.515. The van der Waals surface area contributed by atoms with Gasteiger partial charge in [0.05, 0.1) is 10.0 Å². The van der Waals surface area contributed by atoms with E-state index in [4.69, 9.17) is 23.2 Å². The maximum atomic E-state index is 13.8. The second-order valence-corrected chi connectivity index (χ2v) is 11.3. The largest absolute Gasteiger partial charge is 0.354 e. The van der Waals surface area contributed by atoms with Crippen LogP contribution in [0.1, 0.15) is 62.3 Å². The van der Waals surface area contributed by atoms with E-state index in [1.807, 2.05) is 36.4 Å². The molecule has 38 heavy (non-hydrogen) atoms. The highest BCUT2D eigenvalue weighted by atomic mass is 35.5. The third-order valence-electron chi connectivity index (χ3n) is 6.57. The monoisotopic (exact) mass is 552 g/mol. The Hall–Kier alpha value is -2.82. The number of hydrogen-bond donors (Lipinski definition) is 1. The third kappa shape index (κ3) is 8.89. The van der Waals surface area contributed by atoms with Gasteiger partial charge < -0.3 is 10.2 Å². The predicted octanol–water partition coefficient (Wildman–Crippen LogP) is 7.46. The number of carbonyl (C=O) groups excluding carboxylic acids is 2. The van der Waals surface area contributed by atoms with Crippen LogP contribution >= 0.6 is 23.2 Å². The van der Waals surface area contributed by atoms with Gasteiger partial charge in [0.1, 0.15) is 6.04 Å². The maximum absolute atomic E-state index is 13.8. The van der Waals surface area contributed by atoms with Crippen LogP contribution in [0, 0.1) is 5.92 Å². The van der Waals surface area contributed by atoms with E-state index in [9.17, 15) is 9.59 Å². The van der Waals surface area contributed by atoms with Gasteiger partial charge in [0.25, 0.3) is 0 Å². The number of nitrogens with one attached hydrogen (secondary N) is 1. The van der Waals surface area contributed by atoms with Crippen LogP contribution in [-0.2, 0) is 29.0 Å². The van der Waals surface area contributed by atoms with Gasteiger partial charge in [-0.1, -0.05) is 112 Å². The molecule has 0 radical (unpaired) electrons. The molecule has 1 N–H and O–H groups in total. The molecule has 6 heteroatoms. The Bertz CT molecular complexity index is 1190. The van der Waals surface area contributed by atoms with Crippen LogP contribution in [0.5, 0.6) is 0 Å². The van der Waals surface area contributed by atoms with Crippen molar-refractivity contribution in [2.45, 2.75) is 65.5 Å².